The summed E-state index contributed by atoms with van der Waals surface area (Å²) < 4.78 is 19.0. The molecule has 0 aliphatic rings. The molecule has 106 valence electrons. The molecule has 1 aromatic carbocycles. The molecule has 0 atom stereocenters. The van der Waals surface area contributed by atoms with E-state index in [2.05, 4.69) is 15.3 Å². The van der Waals surface area contributed by atoms with Crippen LogP contribution in [0, 0.1) is 12.7 Å². The van der Waals surface area contributed by atoms with Crippen LogP contribution >= 0.6 is 0 Å². The number of anilines is 3. The van der Waals surface area contributed by atoms with Crippen LogP contribution in [0.5, 0.6) is 0 Å². The number of ether oxygens (including phenoxy) is 1. The van der Waals surface area contributed by atoms with Crippen LogP contribution < -0.4 is 11.1 Å². The summed E-state index contributed by atoms with van der Waals surface area (Å²) in [6.07, 6.45) is 0. The molecule has 0 fully saturated rings. The molecular weight excluding hydrogens is 259 g/mol. The van der Waals surface area contributed by atoms with Crippen LogP contribution in [-0.2, 0) is 11.3 Å². The van der Waals surface area contributed by atoms with Gasteiger partial charge in [0.25, 0.3) is 0 Å². The van der Waals surface area contributed by atoms with Crippen LogP contribution in [0.15, 0.2) is 24.3 Å². The molecule has 0 saturated heterocycles. The Hall–Kier alpha value is -2.21. The van der Waals surface area contributed by atoms with Crippen LogP contribution in [0.4, 0.5) is 21.7 Å². The second-order valence-electron chi connectivity index (χ2n) is 4.29. The third-order valence-corrected chi connectivity index (χ3v) is 2.70. The van der Waals surface area contributed by atoms with E-state index in [9.17, 15) is 4.39 Å². The first kappa shape index (κ1) is 14.2. The number of rotatable bonds is 5. The van der Waals surface area contributed by atoms with Gasteiger partial charge in [0.15, 0.2) is 5.82 Å². The monoisotopic (exact) mass is 276 g/mol. The van der Waals surface area contributed by atoms with E-state index in [-0.39, 0.29) is 12.4 Å². The van der Waals surface area contributed by atoms with E-state index in [0.29, 0.717) is 29.8 Å². The molecule has 0 bridgehead atoms. The molecule has 0 saturated carbocycles. The van der Waals surface area contributed by atoms with Crippen molar-refractivity contribution in [2.75, 3.05) is 17.7 Å². The minimum Gasteiger partial charge on any atom is -0.384 e. The van der Waals surface area contributed by atoms with Crippen molar-refractivity contribution < 1.29 is 9.13 Å². The number of nitrogen functional groups attached to an aromatic ring is 1. The van der Waals surface area contributed by atoms with Crippen LogP contribution in [0.25, 0.3) is 0 Å². The van der Waals surface area contributed by atoms with Crippen LogP contribution in [0.3, 0.4) is 0 Å². The van der Waals surface area contributed by atoms with Crippen molar-refractivity contribution in [3.63, 3.8) is 0 Å². The van der Waals surface area contributed by atoms with Gasteiger partial charge in [0.2, 0.25) is 0 Å². The van der Waals surface area contributed by atoms with E-state index < -0.39 is 0 Å². The number of nitrogens with zero attached hydrogens (tertiary/aromatic N) is 2. The Morgan fingerprint density at radius 2 is 2.15 bits per heavy atom. The lowest BCUT2D eigenvalue weighted by atomic mass is 10.2. The van der Waals surface area contributed by atoms with Gasteiger partial charge in [-0.3, -0.25) is 0 Å². The summed E-state index contributed by atoms with van der Waals surface area (Å²) in [5.74, 6) is 0.878. The molecule has 0 aliphatic heterocycles. The minimum absolute atomic E-state index is 0.270. The van der Waals surface area contributed by atoms with Crippen LogP contribution in [0.1, 0.15) is 18.3 Å². The standard InChI is InChI=1S/C14H17FN4O/c1-3-20-8-13-17-11(16)7-12(18-13)19-14-9(2)5-4-6-10(14)15/h4-7H,3,8H2,1-2H3,(H3,16,17,18,19). The summed E-state index contributed by atoms with van der Waals surface area (Å²) in [6.45, 7) is 4.53. The average Bonchev–Trinajstić information content (AvgIpc) is 2.40. The molecule has 0 spiro atoms. The number of aromatic nitrogens is 2. The van der Waals surface area contributed by atoms with Gasteiger partial charge in [-0.15, -0.1) is 0 Å². The summed E-state index contributed by atoms with van der Waals surface area (Å²) in [7, 11) is 0. The molecule has 1 heterocycles. The molecule has 0 radical (unpaired) electrons. The molecule has 3 N–H and O–H groups in total. The first-order chi connectivity index (χ1) is 9.60. The third kappa shape index (κ3) is 3.42. The molecule has 1 aromatic heterocycles. The molecule has 6 heteroatoms. The largest absolute Gasteiger partial charge is 0.384 e. The molecule has 2 aromatic rings. The highest BCUT2D eigenvalue weighted by Crippen LogP contribution is 2.23. The first-order valence-corrected chi connectivity index (χ1v) is 6.33. The number of halogens is 1. The summed E-state index contributed by atoms with van der Waals surface area (Å²) in [5, 5.41) is 2.94. The predicted octanol–water partition coefficient (Wildman–Crippen LogP) is 2.79. The van der Waals surface area contributed by atoms with Gasteiger partial charge in [0, 0.05) is 12.7 Å². The molecule has 20 heavy (non-hydrogen) atoms. The Bertz CT molecular complexity index is 583. The van der Waals surface area contributed by atoms with Gasteiger partial charge in [0.1, 0.15) is 24.1 Å². The van der Waals surface area contributed by atoms with Gasteiger partial charge in [0.05, 0.1) is 5.69 Å². The smallest absolute Gasteiger partial charge is 0.158 e. The number of aryl methyl sites for hydroxylation is 1. The highest BCUT2D eigenvalue weighted by Gasteiger charge is 2.08. The topological polar surface area (TPSA) is 73.1 Å². The summed E-state index contributed by atoms with van der Waals surface area (Å²) in [6, 6.07) is 6.42. The van der Waals surface area contributed by atoms with Crippen molar-refractivity contribution in [2.24, 2.45) is 0 Å². The van der Waals surface area contributed by atoms with E-state index in [1.165, 1.54) is 6.07 Å². The van der Waals surface area contributed by atoms with E-state index >= 15 is 0 Å². The van der Waals surface area contributed by atoms with Crippen molar-refractivity contribution in [3.05, 3.63) is 41.5 Å². The maximum atomic E-state index is 13.8. The number of nitrogens with one attached hydrogen (secondary N) is 1. The van der Waals surface area contributed by atoms with E-state index in [0.717, 1.165) is 5.56 Å². The fourth-order valence-corrected chi connectivity index (χ4v) is 1.76. The summed E-state index contributed by atoms with van der Waals surface area (Å²) >= 11 is 0. The summed E-state index contributed by atoms with van der Waals surface area (Å²) in [5.41, 5.74) is 6.89. The van der Waals surface area contributed by atoms with Gasteiger partial charge in [-0.25, -0.2) is 14.4 Å². The third-order valence-electron chi connectivity index (χ3n) is 2.70. The second-order valence-corrected chi connectivity index (χ2v) is 4.29. The van der Waals surface area contributed by atoms with Crippen molar-refractivity contribution in [2.45, 2.75) is 20.5 Å². The Kier molecular flexibility index (Phi) is 4.47. The lowest BCUT2D eigenvalue weighted by molar-refractivity contribution is 0.128. The number of hydrogen-bond donors (Lipinski definition) is 2. The van der Waals surface area contributed by atoms with Crippen LogP contribution in [0.2, 0.25) is 0 Å². The van der Waals surface area contributed by atoms with Gasteiger partial charge in [-0.1, -0.05) is 12.1 Å². The Balaban J connectivity index is 2.27. The average molecular weight is 276 g/mol. The molecular formula is C14H17FN4O. The Morgan fingerprint density at radius 3 is 2.85 bits per heavy atom. The SMILES string of the molecule is CCOCc1nc(N)cc(Nc2c(C)cccc2F)n1. The van der Waals surface area contributed by atoms with E-state index in [4.69, 9.17) is 10.5 Å². The van der Waals surface area contributed by atoms with E-state index in [1.807, 2.05) is 19.9 Å². The van der Waals surface area contributed by atoms with Crippen molar-refractivity contribution in [1.82, 2.24) is 9.97 Å². The molecule has 0 aliphatic carbocycles. The van der Waals surface area contributed by atoms with Gasteiger partial charge in [-0.05, 0) is 25.5 Å². The summed E-state index contributed by atoms with van der Waals surface area (Å²) in [4.78, 5) is 8.32. The minimum atomic E-state index is -0.339. The lowest BCUT2D eigenvalue weighted by Crippen LogP contribution is -2.06. The van der Waals surface area contributed by atoms with Gasteiger partial charge >= 0.3 is 0 Å². The van der Waals surface area contributed by atoms with Gasteiger partial charge < -0.3 is 15.8 Å². The zero-order chi connectivity index (χ0) is 14.5. The normalized spacial score (nSPS) is 10.6. The predicted molar refractivity (Wildman–Crippen MR) is 76.2 cm³/mol. The van der Waals surface area contributed by atoms with Crippen molar-refractivity contribution in [3.8, 4) is 0 Å². The quantitative estimate of drug-likeness (QED) is 0.878. The maximum absolute atomic E-state index is 13.8. The molecule has 0 amide bonds. The first-order valence-electron chi connectivity index (χ1n) is 6.33. The zero-order valence-corrected chi connectivity index (χ0v) is 11.5. The number of nitrogens with two attached hydrogens (primary N) is 1. The van der Waals surface area contributed by atoms with Crippen molar-refractivity contribution >= 4 is 17.3 Å². The maximum Gasteiger partial charge on any atom is 0.158 e. The fraction of sp³-hybridized carbons (Fsp3) is 0.286. The number of para-hydroxylation sites is 1. The highest BCUT2D eigenvalue weighted by atomic mass is 19.1. The second kappa shape index (κ2) is 6.29. The molecule has 0 unspecified atom stereocenters. The number of benzene rings is 1. The highest BCUT2D eigenvalue weighted by molar-refractivity contribution is 5.62. The van der Waals surface area contributed by atoms with Gasteiger partial charge in [-0.2, -0.15) is 0 Å². The molecule has 5 nitrogen and oxygen atoms in total. The lowest BCUT2D eigenvalue weighted by Gasteiger charge is -2.11. The zero-order valence-electron chi connectivity index (χ0n) is 11.5. The Morgan fingerprint density at radius 1 is 1.35 bits per heavy atom. The fourth-order valence-electron chi connectivity index (χ4n) is 1.76. The van der Waals surface area contributed by atoms with Crippen LogP contribution in [-0.4, -0.2) is 16.6 Å². The molecule has 2 rings (SSSR count). The Labute approximate surface area is 117 Å². The number of hydrogen-bond acceptors (Lipinski definition) is 5. The van der Waals surface area contributed by atoms with E-state index in [1.54, 1.807) is 12.1 Å². The van der Waals surface area contributed by atoms with Crippen molar-refractivity contribution in [1.29, 1.82) is 0 Å².